The number of amides is 1. The first kappa shape index (κ1) is 16.2. The van der Waals surface area contributed by atoms with E-state index in [4.69, 9.17) is 0 Å². The molecule has 0 bridgehead atoms. The van der Waals surface area contributed by atoms with E-state index in [0.29, 0.717) is 5.92 Å². The molecule has 2 rings (SSSR count). The SMILES string of the molecule is Cc1n[nH]c(C)c1NC(=O)CN[C@@H](C)[C@H](C)c1ccccc1. The van der Waals surface area contributed by atoms with Gasteiger partial charge in [-0.25, -0.2) is 0 Å². The van der Waals surface area contributed by atoms with E-state index in [1.54, 1.807) is 0 Å². The first-order chi connectivity index (χ1) is 10.5. The summed E-state index contributed by atoms with van der Waals surface area (Å²) in [4.78, 5) is 12.1. The molecule has 5 nitrogen and oxygen atoms in total. The lowest BCUT2D eigenvalue weighted by Gasteiger charge is -2.21. The molecule has 0 saturated carbocycles. The molecule has 1 aromatic carbocycles. The van der Waals surface area contributed by atoms with Crippen molar-refractivity contribution in [3.8, 4) is 0 Å². The predicted octanol–water partition coefficient (Wildman–Crippen LogP) is 2.75. The van der Waals surface area contributed by atoms with Gasteiger partial charge in [0.1, 0.15) is 0 Å². The Bertz CT molecular complexity index is 601. The number of nitrogens with one attached hydrogen (secondary N) is 3. The van der Waals surface area contributed by atoms with E-state index < -0.39 is 0 Å². The molecule has 0 aliphatic heterocycles. The third-order valence-corrected chi connectivity index (χ3v) is 4.05. The number of carbonyl (C=O) groups excluding carboxylic acids is 1. The number of benzene rings is 1. The fourth-order valence-corrected chi connectivity index (χ4v) is 2.39. The molecule has 5 heteroatoms. The van der Waals surface area contributed by atoms with Gasteiger partial charge in [0.05, 0.1) is 23.6 Å². The van der Waals surface area contributed by atoms with Crippen molar-refractivity contribution in [2.75, 3.05) is 11.9 Å². The number of H-pyrrole nitrogens is 1. The molecule has 0 radical (unpaired) electrons. The smallest absolute Gasteiger partial charge is 0.238 e. The van der Waals surface area contributed by atoms with Crippen LogP contribution in [-0.2, 0) is 4.79 Å². The number of aryl methyl sites for hydroxylation is 2. The predicted molar refractivity (Wildman–Crippen MR) is 89.0 cm³/mol. The molecule has 1 heterocycles. The highest BCUT2D eigenvalue weighted by molar-refractivity contribution is 5.93. The largest absolute Gasteiger partial charge is 0.322 e. The summed E-state index contributed by atoms with van der Waals surface area (Å²) in [5.41, 5.74) is 3.72. The molecule has 2 aromatic rings. The Morgan fingerprint density at radius 3 is 2.50 bits per heavy atom. The Labute approximate surface area is 131 Å². The summed E-state index contributed by atoms with van der Waals surface area (Å²) in [5.74, 6) is 0.283. The number of aromatic nitrogens is 2. The second-order valence-electron chi connectivity index (χ2n) is 5.73. The molecule has 0 aliphatic rings. The Morgan fingerprint density at radius 1 is 1.23 bits per heavy atom. The maximum absolute atomic E-state index is 12.1. The summed E-state index contributed by atoms with van der Waals surface area (Å²) in [6, 6.07) is 10.5. The van der Waals surface area contributed by atoms with Crippen LogP contribution in [0.1, 0.15) is 36.7 Å². The monoisotopic (exact) mass is 300 g/mol. The summed E-state index contributed by atoms with van der Waals surface area (Å²) in [5, 5.41) is 13.1. The zero-order valence-electron chi connectivity index (χ0n) is 13.6. The van der Waals surface area contributed by atoms with Gasteiger partial charge in [0.25, 0.3) is 0 Å². The van der Waals surface area contributed by atoms with Crippen LogP contribution in [0.15, 0.2) is 30.3 Å². The lowest BCUT2D eigenvalue weighted by molar-refractivity contribution is -0.115. The van der Waals surface area contributed by atoms with Gasteiger partial charge in [-0.2, -0.15) is 5.10 Å². The molecule has 2 atom stereocenters. The first-order valence-corrected chi connectivity index (χ1v) is 7.58. The van der Waals surface area contributed by atoms with Crippen LogP contribution in [0.4, 0.5) is 5.69 Å². The Balaban J connectivity index is 1.86. The fraction of sp³-hybridized carbons (Fsp3) is 0.412. The molecule has 3 N–H and O–H groups in total. The molecule has 118 valence electrons. The van der Waals surface area contributed by atoms with Crippen LogP contribution >= 0.6 is 0 Å². The first-order valence-electron chi connectivity index (χ1n) is 7.58. The van der Waals surface area contributed by atoms with E-state index in [0.717, 1.165) is 17.1 Å². The summed E-state index contributed by atoms with van der Waals surface area (Å²) < 4.78 is 0. The van der Waals surface area contributed by atoms with Gasteiger partial charge in [-0.3, -0.25) is 9.89 Å². The Morgan fingerprint density at radius 2 is 1.91 bits per heavy atom. The van der Waals surface area contributed by atoms with Crippen molar-refractivity contribution in [1.29, 1.82) is 0 Å². The van der Waals surface area contributed by atoms with Gasteiger partial charge in [0, 0.05) is 6.04 Å². The zero-order chi connectivity index (χ0) is 16.1. The molecule has 0 aliphatic carbocycles. The van der Waals surface area contributed by atoms with Gasteiger partial charge >= 0.3 is 0 Å². The van der Waals surface area contributed by atoms with Crippen LogP contribution in [0, 0.1) is 13.8 Å². The van der Waals surface area contributed by atoms with E-state index in [1.807, 2.05) is 32.0 Å². The number of carbonyl (C=O) groups is 1. The molecule has 0 fully saturated rings. The van der Waals surface area contributed by atoms with Crippen molar-refractivity contribution in [1.82, 2.24) is 15.5 Å². The molecule has 0 unspecified atom stereocenters. The summed E-state index contributed by atoms with van der Waals surface area (Å²) in [6.45, 7) is 8.30. The Kier molecular flexibility index (Phi) is 5.33. The van der Waals surface area contributed by atoms with Gasteiger partial charge in [-0.1, -0.05) is 37.3 Å². The third-order valence-electron chi connectivity index (χ3n) is 4.05. The van der Waals surface area contributed by atoms with Crippen molar-refractivity contribution >= 4 is 11.6 Å². The quantitative estimate of drug-likeness (QED) is 0.768. The number of hydrogen-bond donors (Lipinski definition) is 3. The van der Waals surface area contributed by atoms with Crippen LogP contribution in [0.2, 0.25) is 0 Å². The van der Waals surface area contributed by atoms with Crippen LogP contribution in [0.5, 0.6) is 0 Å². The van der Waals surface area contributed by atoms with Gasteiger partial charge < -0.3 is 10.6 Å². The van der Waals surface area contributed by atoms with Gasteiger partial charge in [-0.05, 0) is 32.3 Å². The van der Waals surface area contributed by atoms with E-state index in [9.17, 15) is 4.79 Å². The van der Waals surface area contributed by atoms with Gasteiger partial charge in [-0.15, -0.1) is 0 Å². The molecule has 0 saturated heterocycles. The second kappa shape index (κ2) is 7.22. The minimum Gasteiger partial charge on any atom is -0.322 e. The molecule has 1 amide bonds. The van der Waals surface area contributed by atoms with Crippen LogP contribution in [-0.4, -0.2) is 28.7 Å². The summed E-state index contributed by atoms with van der Waals surface area (Å²) in [6.07, 6.45) is 0. The zero-order valence-corrected chi connectivity index (χ0v) is 13.6. The standard InChI is InChI=1S/C17H24N4O/c1-11(15-8-6-5-7-9-15)12(2)18-10-16(22)19-17-13(3)20-21-14(17)4/h5-9,11-12,18H,10H2,1-4H3,(H,19,22)(H,20,21)/t11-,12-/m0/s1. The number of hydrogen-bond acceptors (Lipinski definition) is 3. The van der Waals surface area contributed by atoms with E-state index in [-0.39, 0.29) is 18.5 Å². The maximum atomic E-state index is 12.1. The highest BCUT2D eigenvalue weighted by Crippen LogP contribution is 2.18. The fourth-order valence-electron chi connectivity index (χ4n) is 2.39. The maximum Gasteiger partial charge on any atom is 0.238 e. The highest BCUT2D eigenvalue weighted by Gasteiger charge is 2.16. The molecule has 1 aromatic heterocycles. The number of rotatable bonds is 6. The van der Waals surface area contributed by atoms with E-state index in [1.165, 1.54) is 5.56 Å². The normalized spacial score (nSPS) is 13.6. The van der Waals surface area contributed by atoms with Crippen molar-refractivity contribution < 1.29 is 4.79 Å². The molecule has 0 spiro atoms. The summed E-state index contributed by atoms with van der Waals surface area (Å²) >= 11 is 0. The number of aromatic amines is 1. The van der Waals surface area contributed by atoms with Crippen molar-refractivity contribution in [2.45, 2.75) is 39.7 Å². The van der Waals surface area contributed by atoms with Crippen LogP contribution < -0.4 is 10.6 Å². The van der Waals surface area contributed by atoms with Crippen molar-refractivity contribution in [2.24, 2.45) is 0 Å². The van der Waals surface area contributed by atoms with E-state index in [2.05, 4.69) is 46.8 Å². The average Bonchev–Trinajstić information content (AvgIpc) is 2.84. The average molecular weight is 300 g/mol. The second-order valence-corrected chi connectivity index (χ2v) is 5.73. The third kappa shape index (κ3) is 3.95. The lowest BCUT2D eigenvalue weighted by Crippen LogP contribution is -2.37. The van der Waals surface area contributed by atoms with Crippen molar-refractivity contribution in [3.05, 3.63) is 47.3 Å². The lowest BCUT2D eigenvalue weighted by atomic mass is 9.94. The topological polar surface area (TPSA) is 69.8 Å². The number of anilines is 1. The van der Waals surface area contributed by atoms with Gasteiger partial charge in [0.15, 0.2) is 0 Å². The van der Waals surface area contributed by atoms with Gasteiger partial charge in [0.2, 0.25) is 5.91 Å². The van der Waals surface area contributed by atoms with Crippen LogP contribution in [0.3, 0.4) is 0 Å². The molecular formula is C17H24N4O. The van der Waals surface area contributed by atoms with E-state index >= 15 is 0 Å². The Hall–Kier alpha value is -2.14. The molecular weight excluding hydrogens is 276 g/mol. The highest BCUT2D eigenvalue weighted by atomic mass is 16.1. The number of nitrogens with zero attached hydrogens (tertiary/aromatic N) is 1. The van der Waals surface area contributed by atoms with Crippen molar-refractivity contribution in [3.63, 3.8) is 0 Å². The van der Waals surface area contributed by atoms with Crippen LogP contribution in [0.25, 0.3) is 0 Å². The molecule has 22 heavy (non-hydrogen) atoms. The minimum atomic E-state index is -0.0558. The minimum absolute atomic E-state index is 0.0558. The summed E-state index contributed by atoms with van der Waals surface area (Å²) in [7, 11) is 0.